The van der Waals surface area contributed by atoms with E-state index < -0.39 is 0 Å². The Balaban J connectivity index is 1.46. The van der Waals surface area contributed by atoms with Crippen LogP contribution in [-0.2, 0) is 6.54 Å². The molecule has 6 heteroatoms. The maximum atomic E-state index is 4.42. The molecule has 1 aromatic carbocycles. The molecule has 128 valence electrons. The molecular formula is C18H25N5S. The van der Waals surface area contributed by atoms with Gasteiger partial charge >= 0.3 is 0 Å². The second kappa shape index (κ2) is 8.89. The van der Waals surface area contributed by atoms with E-state index in [1.165, 1.54) is 17.1 Å². The van der Waals surface area contributed by atoms with Crippen molar-refractivity contribution in [2.75, 3.05) is 54.9 Å². The number of aromatic nitrogens is 2. The van der Waals surface area contributed by atoms with E-state index in [4.69, 9.17) is 0 Å². The molecule has 0 radical (unpaired) electrons. The Morgan fingerprint density at radius 1 is 1.17 bits per heavy atom. The fourth-order valence-electron chi connectivity index (χ4n) is 2.76. The van der Waals surface area contributed by atoms with Crippen molar-refractivity contribution in [2.24, 2.45) is 0 Å². The molecule has 0 amide bonds. The molecule has 24 heavy (non-hydrogen) atoms. The third-order valence-electron chi connectivity index (χ3n) is 4.08. The number of thioether (sulfide) groups is 1. The first-order valence-corrected chi connectivity index (χ1v) is 9.58. The lowest BCUT2D eigenvalue weighted by atomic mass is 10.2. The van der Waals surface area contributed by atoms with E-state index >= 15 is 0 Å². The van der Waals surface area contributed by atoms with Gasteiger partial charge in [0.25, 0.3) is 0 Å². The fraction of sp³-hybridized carbons (Fsp3) is 0.444. The summed E-state index contributed by atoms with van der Waals surface area (Å²) in [5, 5.41) is 3.42. The molecular weight excluding hydrogens is 318 g/mol. The van der Waals surface area contributed by atoms with Crippen molar-refractivity contribution in [1.82, 2.24) is 14.9 Å². The van der Waals surface area contributed by atoms with Crippen LogP contribution in [0.15, 0.2) is 42.7 Å². The second-order valence-electron chi connectivity index (χ2n) is 6.01. The van der Waals surface area contributed by atoms with Crippen molar-refractivity contribution in [3.63, 3.8) is 0 Å². The molecule has 1 aliphatic rings. The van der Waals surface area contributed by atoms with Crippen molar-refractivity contribution in [3.05, 3.63) is 48.3 Å². The van der Waals surface area contributed by atoms with Crippen LogP contribution in [0.2, 0.25) is 0 Å². The smallest absolute Gasteiger partial charge is 0.134 e. The molecule has 0 bridgehead atoms. The van der Waals surface area contributed by atoms with Gasteiger partial charge in [0.15, 0.2) is 0 Å². The maximum absolute atomic E-state index is 4.42. The van der Waals surface area contributed by atoms with E-state index in [-0.39, 0.29) is 0 Å². The Bertz CT molecular complexity index is 616. The first kappa shape index (κ1) is 17.0. The van der Waals surface area contributed by atoms with E-state index in [9.17, 15) is 0 Å². The van der Waals surface area contributed by atoms with Gasteiger partial charge in [-0.2, -0.15) is 11.8 Å². The molecule has 0 spiro atoms. The van der Waals surface area contributed by atoms with E-state index in [2.05, 4.69) is 68.5 Å². The highest BCUT2D eigenvalue weighted by molar-refractivity contribution is 7.99. The lowest BCUT2D eigenvalue weighted by Crippen LogP contribution is -2.33. The molecule has 0 unspecified atom stereocenters. The van der Waals surface area contributed by atoms with Crippen molar-refractivity contribution in [1.29, 1.82) is 0 Å². The normalized spacial score (nSPS) is 14.8. The fourth-order valence-corrected chi connectivity index (χ4v) is 3.66. The van der Waals surface area contributed by atoms with Crippen molar-refractivity contribution in [3.8, 4) is 0 Å². The number of hydrogen-bond donors (Lipinski definition) is 1. The highest BCUT2D eigenvalue weighted by Gasteiger charge is 2.12. The Morgan fingerprint density at radius 3 is 2.75 bits per heavy atom. The molecule has 1 aromatic heterocycles. The Hall–Kier alpha value is -1.79. The van der Waals surface area contributed by atoms with Gasteiger partial charge in [-0.15, -0.1) is 0 Å². The highest BCUT2D eigenvalue weighted by Crippen LogP contribution is 2.18. The zero-order valence-electron chi connectivity index (χ0n) is 14.2. The van der Waals surface area contributed by atoms with Crippen LogP contribution in [0.25, 0.3) is 0 Å². The predicted molar refractivity (Wildman–Crippen MR) is 103 cm³/mol. The first-order chi connectivity index (χ1) is 11.8. The molecule has 0 atom stereocenters. The highest BCUT2D eigenvalue weighted by atomic mass is 32.2. The number of rotatable bonds is 7. The topological polar surface area (TPSA) is 44.3 Å². The number of hydrogen-bond acceptors (Lipinski definition) is 6. The zero-order chi connectivity index (χ0) is 16.6. The third kappa shape index (κ3) is 5.11. The summed E-state index contributed by atoms with van der Waals surface area (Å²) in [5.41, 5.74) is 1.34. The van der Waals surface area contributed by atoms with Gasteiger partial charge in [0.2, 0.25) is 0 Å². The Morgan fingerprint density at radius 2 is 1.96 bits per heavy atom. The van der Waals surface area contributed by atoms with Gasteiger partial charge in [-0.1, -0.05) is 30.3 Å². The van der Waals surface area contributed by atoms with Crippen molar-refractivity contribution in [2.45, 2.75) is 6.54 Å². The summed E-state index contributed by atoms with van der Waals surface area (Å²) >= 11 is 2.01. The number of benzene rings is 1. The SMILES string of the molecule is CN(CCNc1cc(N2CCSCC2)ncn1)Cc1ccccc1. The van der Waals surface area contributed by atoms with Gasteiger partial charge in [-0.05, 0) is 12.6 Å². The monoisotopic (exact) mass is 343 g/mol. The number of nitrogens with zero attached hydrogens (tertiary/aromatic N) is 4. The van der Waals surface area contributed by atoms with Gasteiger partial charge < -0.3 is 15.1 Å². The minimum absolute atomic E-state index is 0.871. The molecule has 3 rings (SSSR count). The Labute approximate surface area is 148 Å². The van der Waals surface area contributed by atoms with Crippen LogP contribution < -0.4 is 10.2 Å². The lowest BCUT2D eigenvalue weighted by molar-refractivity contribution is 0.340. The predicted octanol–water partition coefficient (Wildman–Crippen LogP) is 2.57. The van der Waals surface area contributed by atoms with Crippen LogP contribution in [0, 0.1) is 0 Å². The number of likely N-dealkylation sites (N-methyl/N-ethyl adjacent to an activating group) is 1. The quantitative estimate of drug-likeness (QED) is 0.834. The molecule has 0 aliphatic carbocycles. The van der Waals surface area contributed by atoms with E-state index in [1.54, 1.807) is 6.33 Å². The van der Waals surface area contributed by atoms with E-state index in [0.717, 1.165) is 44.4 Å². The minimum atomic E-state index is 0.871. The summed E-state index contributed by atoms with van der Waals surface area (Å²) in [4.78, 5) is 13.4. The van der Waals surface area contributed by atoms with Crippen LogP contribution in [0.5, 0.6) is 0 Å². The summed E-state index contributed by atoms with van der Waals surface area (Å²) in [7, 11) is 2.14. The van der Waals surface area contributed by atoms with Crippen LogP contribution >= 0.6 is 11.8 Å². The molecule has 1 N–H and O–H groups in total. The van der Waals surface area contributed by atoms with E-state index in [0.29, 0.717) is 0 Å². The maximum Gasteiger partial charge on any atom is 0.134 e. The Kier molecular flexibility index (Phi) is 6.32. The number of nitrogens with one attached hydrogen (secondary N) is 1. The minimum Gasteiger partial charge on any atom is -0.369 e. The van der Waals surface area contributed by atoms with E-state index in [1.807, 2.05) is 11.8 Å². The van der Waals surface area contributed by atoms with Crippen molar-refractivity contribution < 1.29 is 0 Å². The molecule has 1 aliphatic heterocycles. The van der Waals surface area contributed by atoms with Gasteiger partial charge in [-0.25, -0.2) is 9.97 Å². The van der Waals surface area contributed by atoms with Gasteiger partial charge in [0.1, 0.15) is 18.0 Å². The molecule has 5 nitrogen and oxygen atoms in total. The first-order valence-electron chi connectivity index (χ1n) is 8.42. The van der Waals surface area contributed by atoms with Gasteiger partial charge in [-0.3, -0.25) is 0 Å². The van der Waals surface area contributed by atoms with Gasteiger partial charge in [0.05, 0.1) is 0 Å². The summed E-state index contributed by atoms with van der Waals surface area (Å²) in [6.45, 7) is 4.94. The lowest BCUT2D eigenvalue weighted by Gasteiger charge is -2.27. The molecule has 2 aromatic rings. The summed E-state index contributed by atoms with van der Waals surface area (Å²) in [6, 6.07) is 12.6. The standard InChI is InChI=1S/C18H25N5S/c1-22(14-16-5-3-2-4-6-16)8-7-19-17-13-18(21-15-20-17)23-9-11-24-12-10-23/h2-6,13,15H,7-12,14H2,1H3,(H,19,20,21). The summed E-state index contributed by atoms with van der Waals surface area (Å²) < 4.78 is 0. The van der Waals surface area contributed by atoms with Crippen molar-refractivity contribution >= 4 is 23.4 Å². The largest absolute Gasteiger partial charge is 0.369 e. The molecule has 1 saturated heterocycles. The number of anilines is 2. The van der Waals surface area contributed by atoms with Crippen LogP contribution in [-0.4, -0.2) is 59.6 Å². The molecule has 1 fully saturated rings. The average molecular weight is 344 g/mol. The second-order valence-corrected chi connectivity index (χ2v) is 7.24. The summed E-state index contributed by atoms with van der Waals surface area (Å²) in [5.74, 6) is 4.30. The van der Waals surface area contributed by atoms with Crippen LogP contribution in [0.1, 0.15) is 5.56 Å². The summed E-state index contributed by atoms with van der Waals surface area (Å²) in [6.07, 6.45) is 1.66. The molecule has 2 heterocycles. The van der Waals surface area contributed by atoms with Crippen LogP contribution in [0.4, 0.5) is 11.6 Å². The van der Waals surface area contributed by atoms with Gasteiger partial charge in [0, 0.05) is 50.3 Å². The third-order valence-corrected chi connectivity index (χ3v) is 5.03. The van der Waals surface area contributed by atoms with Crippen LogP contribution in [0.3, 0.4) is 0 Å². The average Bonchev–Trinajstić information content (AvgIpc) is 2.63. The zero-order valence-corrected chi connectivity index (χ0v) is 15.0. The molecule has 0 saturated carbocycles.